The fourth-order valence-electron chi connectivity index (χ4n) is 4.48. The molecule has 5 heteroatoms. The summed E-state index contributed by atoms with van der Waals surface area (Å²) in [6, 6.07) is 9.92. The van der Waals surface area contributed by atoms with E-state index in [2.05, 4.69) is 36.2 Å². The van der Waals surface area contributed by atoms with Gasteiger partial charge in [0.05, 0.1) is 15.8 Å². The van der Waals surface area contributed by atoms with Crippen molar-refractivity contribution < 1.29 is 4.74 Å². The lowest BCUT2D eigenvalue weighted by atomic mass is 10.00. The third kappa shape index (κ3) is 3.61. The number of nitrogens with zero attached hydrogens (tertiary/aromatic N) is 1. The zero-order chi connectivity index (χ0) is 20.7. The van der Waals surface area contributed by atoms with Gasteiger partial charge in [-0.05, 0) is 64.1 Å². The number of hydrogen-bond donors (Lipinski definition) is 1. The van der Waals surface area contributed by atoms with Crippen LogP contribution >= 0.6 is 11.3 Å². The average molecular weight is 421 g/mol. The second-order valence-corrected chi connectivity index (χ2v) is 9.89. The Hall–Kier alpha value is -2.37. The van der Waals surface area contributed by atoms with Crippen molar-refractivity contribution in [2.45, 2.75) is 38.7 Å². The van der Waals surface area contributed by atoms with E-state index in [1.807, 2.05) is 30.3 Å². The molecule has 2 aliphatic rings. The summed E-state index contributed by atoms with van der Waals surface area (Å²) in [4.78, 5) is 16.0. The molecule has 0 bridgehead atoms. The first-order chi connectivity index (χ1) is 14.5. The first-order valence-electron chi connectivity index (χ1n) is 10.9. The summed E-state index contributed by atoms with van der Waals surface area (Å²) in [5.74, 6) is 0.849. The molecule has 1 N–H and O–H groups in total. The molecule has 0 unspecified atom stereocenters. The van der Waals surface area contributed by atoms with E-state index >= 15 is 0 Å². The zero-order valence-corrected chi connectivity index (χ0v) is 18.5. The lowest BCUT2D eigenvalue weighted by molar-refractivity contribution is 0.159. The first kappa shape index (κ1) is 19.6. The molecule has 0 radical (unpaired) electrons. The summed E-state index contributed by atoms with van der Waals surface area (Å²) < 4.78 is 8.30. The van der Waals surface area contributed by atoms with Gasteiger partial charge in [-0.25, -0.2) is 0 Å². The van der Waals surface area contributed by atoms with Crippen molar-refractivity contribution in [3.63, 3.8) is 0 Å². The minimum atomic E-state index is -0.354. The van der Waals surface area contributed by atoms with Crippen molar-refractivity contribution in [3.8, 4) is 5.75 Å². The van der Waals surface area contributed by atoms with Crippen molar-refractivity contribution in [2.24, 2.45) is 0 Å². The van der Waals surface area contributed by atoms with Crippen LogP contribution in [0.5, 0.6) is 5.75 Å². The van der Waals surface area contributed by atoms with Crippen molar-refractivity contribution in [3.05, 3.63) is 52.2 Å². The van der Waals surface area contributed by atoms with Crippen LogP contribution in [0.3, 0.4) is 0 Å². The van der Waals surface area contributed by atoms with Gasteiger partial charge >= 0.3 is 0 Å². The molecule has 156 valence electrons. The van der Waals surface area contributed by atoms with Gasteiger partial charge in [0.25, 0.3) is 0 Å². The van der Waals surface area contributed by atoms with Crippen LogP contribution in [0.2, 0.25) is 0 Å². The molecule has 1 fully saturated rings. The molecule has 4 nitrogen and oxygen atoms in total. The molecule has 30 heavy (non-hydrogen) atoms. The molecule has 0 saturated carbocycles. The third-order valence-electron chi connectivity index (χ3n) is 6.07. The second kappa shape index (κ2) is 7.71. The van der Waals surface area contributed by atoms with Crippen LogP contribution in [-0.4, -0.2) is 36.7 Å². The van der Waals surface area contributed by atoms with Crippen LogP contribution in [0.25, 0.3) is 26.2 Å². The van der Waals surface area contributed by atoms with E-state index in [0.29, 0.717) is 0 Å². The highest BCUT2D eigenvalue weighted by Gasteiger charge is 2.25. The fourth-order valence-corrected chi connectivity index (χ4v) is 5.70. The van der Waals surface area contributed by atoms with Gasteiger partial charge in [0.1, 0.15) is 11.4 Å². The minimum Gasteiger partial charge on any atom is -0.483 e. The lowest BCUT2D eigenvalue weighted by Gasteiger charge is -2.29. The molecule has 0 aliphatic carbocycles. The molecule has 0 spiro atoms. The summed E-state index contributed by atoms with van der Waals surface area (Å²) in [5.41, 5.74) is 1.64. The maximum absolute atomic E-state index is 13.5. The molecule has 2 aliphatic heterocycles. The Morgan fingerprint density at radius 3 is 2.80 bits per heavy atom. The SMILES string of the molecule is CC1(C)C=Cc2c(cc(NCCN3CCCCC3)c3c(=O)c4ccccc4sc23)O1. The van der Waals surface area contributed by atoms with Gasteiger partial charge < -0.3 is 15.0 Å². The van der Waals surface area contributed by atoms with E-state index in [9.17, 15) is 4.79 Å². The Morgan fingerprint density at radius 2 is 1.97 bits per heavy atom. The van der Waals surface area contributed by atoms with E-state index < -0.39 is 0 Å². The molecule has 0 amide bonds. The number of nitrogens with one attached hydrogen (secondary N) is 1. The molecule has 3 aromatic rings. The molecule has 3 heterocycles. The zero-order valence-electron chi connectivity index (χ0n) is 17.7. The van der Waals surface area contributed by atoms with E-state index in [1.54, 1.807) is 11.3 Å². The third-order valence-corrected chi connectivity index (χ3v) is 7.27. The van der Waals surface area contributed by atoms with Crippen LogP contribution in [-0.2, 0) is 0 Å². The van der Waals surface area contributed by atoms with E-state index in [0.717, 1.165) is 50.3 Å². The van der Waals surface area contributed by atoms with Gasteiger partial charge in [-0.15, -0.1) is 11.3 Å². The van der Waals surface area contributed by atoms with Crippen molar-refractivity contribution in [1.82, 2.24) is 4.90 Å². The Balaban J connectivity index is 1.60. The topological polar surface area (TPSA) is 41.6 Å². The molecule has 5 rings (SSSR count). The quantitative estimate of drug-likeness (QED) is 0.566. The number of benzene rings is 2. The Bertz CT molecular complexity index is 1190. The normalized spacial score (nSPS) is 18.3. The number of likely N-dealkylation sites (tertiary alicyclic amines) is 1. The van der Waals surface area contributed by atoms with Gasteiger partial charge in [-0.2, -0.15) is 0 Å². The van der Waals surface area contributed by atoms with Gasteiger partial charge in [-0.3, -0.25) is 4.79 Å². The standard InChI is InChI=1S/C25H28N2O2S/c1-25(2)11-10-17-20(29-25)16-19(26-12-15-27-13-6-3-7-14-27)22-23(28)18-8-4-5-9-21(18)30-24(17)22/h4-5,8-11,16,26H,3,6-7,12-15H2,1-2H3. The Kier molecular flexibility index (Phi) is 5.03. The summed E-state index contributed by atoms with van der Waals surface area (Å²) in [7, 11) is 0. The molecule has 2 aromatic carbocycles. The van der Waals surface area contributed by atoms with Crippen LogP contribution in [0.15, 0.2) is 41.2 Å². The lowest BCUT2D eigenvalue weighted by Crippen LogP contribution is -2.33. The van der Waals surface area contributed by atoms with Crippen molar-refractivity contribution in [2.75, 3.05) is 31.5 Å². The van der Waals surface area contributed by atoms with Gasteiger partial charge in [0, 0.05) is 34.8 Å². The summed E-state index contributed by atoms with van der Waals surface area (Å²) >= 11 is 1.67. The summed E-state index contributed by atoms with van der Waals surface area (Å²) in [5, 5.41) is 5.15. The Morgan fingerprint density at radius 1 is 1.17 bits per heavy atom. The predicted molar refractivity (Wildman–Crippen MR) is 128 cm³/mol. The number of anilines is 1. The van der Waals surface area contributed by atoms with Crippen molar-refractivity contribution in [1.29, 1.82) is 0 Å². The van der Waals surface area contributed by atoms with Gasteiger partial charge in [0.2, 0.25) is 0 Å². The van der Waals surface area contributed by atoms with Gasteiger partial charge in [-0.1, -0.05) is 18.6 Å². The van der Waals surface area contributed by atoms with Gasteiger partial charge in [0.15, 0.2) is 5.43 Å². The van der Waals surface area contributed by atoms with E-state index in [4.69, 9.17) is 4.74 Å². The minimum absolute atomic E-state index is 0.0980. The number of fused-ring (bicyclic) bond motifs is 4. The number of rotatable bonds is 4. The number of ether oxygens (including phenoxy) is 1. The maximum atomic E-state index is 13.5. The van der Waals surface area contributed by atoms with E-state index in [1.165, 1.54) is 32.4 Å². The Labute approximate surface area is 181 Å². The molecular weight excluding hydrogens is 392 g/mol. The molecule has 1 aromatic heterocycles. The first-order valence-corrected chi connectivity index (χ1v) is 11.7. The monoisotopic (exact) mass is 420 g/mol. The molecule has 0 atom stereocenters. The van der Waals surface area contributed by atoms with Crippen LogP contribution in [0, 0.1) is 0 Å². The molecular formula is C25H28N2O2S. The average Bonchev–Trinajstić information content (AvgIpc) is 2.73. The van der Waals surface area contributed by atoms with Crippen LogP contribution in [0.1, 0.15) is 38.7 Å². The highest BCUT2D eigenvalue weighted by Crippen LogP contribution is 2.42. The largest absolute Gasteiger partial charge is 0.483 e. The highest BCUT2D eigenvalue weighted by atomic mass is 32.1. The van der Waals surface area contributed by atoms with Crippen LogP contribution < -0.4 is 15.5 Å². The van der Waals surface area contributed by atoms with Crippen molar-refractivity contribution >= 4 is 43.3 Å². The van der Waals surface area contributed by atoms with Crippen LogP contribution in [0.4, 0.5) is 5.69 Å². The number of piperidine rings is 1. The molecule has 1 saturated heterocycles. The summed E-state index contributed by atoms with van der Waals surface area (Å²) in [6.07, 6.45) is 8.10. The smallest absolute Gasteiger partial charge is 0.197 e. The number of hydrogen-bond acceptors (Lipinski definition) is 5. The predicted octanol–water partition coefficient (Wildman–Crippen LogP) is 5.50. The second-order valence-electron chi connectivity index (χ2n) is 8.84. The van der Waals surface area contributed by atoms with E-state index in [-0.39, 0.29) is 11.0 Å². The summed E-state index contributed by atoms with van der Waals surface area (Å²) in [6.45, 7) is 8.29. The highest BCUT2D eigenvalue weighted by molar-refractivity contribution is 7.24. The maximum Gasteiger partial charge on any atom is 0.197 e. The fraction of sp³-hybridized carbons (Fsp3) is 0.400.